The molecule has 0 aliphatic rings. The lowest BCUT2D eigenvalue weighted by Gasteiger charge is -2.10. The number of hydrogen-bond acceptors (Lipinski definition) is 2. The van der Waals surface area contributed by atoms with Gasteiger partial charge in [-0.1, -0.05) is 29.3 Å². The molecule has 1 aromatic carbocycles. The molecule has 1 atom stereocenters. The molecule has 2 heteroatoms. The maximum Gasteiger partial charge on any atom is 0.0624 e. The molecule has 3 N–H and O–H groups in total. The van der Waals surface area contributed by atoms with Crippen LogP contribution in [-0.2, 0) is 0 Å². The predicted molar refractivity (Wildman–Crippen MR) is 49.9 cm³/mol. The van der Waals surface area contributed by atoms with E-state index in [2.05, 4.69) is 6.07 Å². The van der Waals surface area contributed by atoms with Crippen molar-refractivity contribution in [3.63, 3.8) is 0 Å². The summed E-state index contributed by atoms with van der Waals surface area (Å²) in [7, 11) is 0. The minimum Gasteiger partial charge on any atom is -0.394 e. The molecule has 0 aromatic heterocycles. The molecule has 1 aromatic rings. The van der Waals surface area contributed by atoms with Crippen LogP contribution in [0.25, 0.3) is 0 Å². The van der Waals surface area contributed by atoms with Gasteiger partial charge in [0, 0.05) is 0 Å². The first-order valence-electron chi connectivity index (χ1n) is 4.08. The summed E-state index contributed by atoms with van der Waals surface area (Å²) in [5, 5.41) is 8.84. The van der Waals surface area contributed by atoms with Gasteiger partial charge in [0.05, 0.1) is 12.6 Å². The number of rotatable bonds is 2. The molecule has 0 saturated carbocycles. The van der Waals surface area contributed by atoms with Crippen LogP contribution < -0.4 is 5.73 Å². The first-order valence-corrected chi connectivity index (χ1v) is 4.08. The molecule has 12 heavy (non-hydrogen) atoms. The minimum absolute atomic E-state index is 0.00287. The van der Waals surface area contributed by atoms with E-state index in [1.807, 2.05) is 26.0 Å². The monoisotopic (exact) mass is 165 g/mol. The summed E-state index contributed by atoms with van der Waals surface area (Å²) in [5.74, 6) is 0. The first-order chi connectivity index (χ1) is 5.63. The molecule has 66 valence electrons. The van der Waals surface area contributed by atoms with Gasteiger partial charge in [-0.3, -0.25) is 0 Å². The topological polar surface area (TPSA) is 46.2 Å². The largest absolute Gasteiger partial charge is 0.394 e. The predicted octanol–water partition coefficient (Wildman–Crippen LogP) is 1.30. The van der Waals surface area contributed by atoms with Crippen molar-refractivity contribution in [2.75, 3.05) is 6.61 Å². The lowest BCUT2D eigenvalue weighted by atomic mass is 10.0. The summed E-state index contributed by atoms with van der Waals surface area (Å²) in [5.41, 5.74) is 9.07. The molecule has 0 saturated heterocycles. The van der Waals surface area contributed by atoms with Gasteiger partial charge in [-0.05, 0) is 19.4 Å². The van der Waals surface area contributed by atoms with Gasteiger partial charge in [0.25, 0.3) is 0 Å². The zero-order valence-corrected chi connectivity index (χ0v) is 7.54. The van der Waals surface area contributed by atoms with E-state index in [9.17, 15) is 0 Å². The first kappa shape index (κ1) is 9.23. The van der Waals surface area contributed by atoms with E-state index in [-0.39, 0.29) is 12.6 Å². The average molecular weight is 165 g/mol. The maximum absolute atomic E-state index is 8.84. The number of hydrogen-bond donors (Lipinski definition) is 2. The van der Waals surface area contributed by atoms with Crippen molar-refractivity contribution in [2.24, 2.45) is 5.73 Å². The molecule has 0 heterocycles. The van der Waals surface area contributed by atoms with Crippen molar-refractivity contribution in [3.05, 3.63) is 34.9 Å². The van der Waals surface area contributed by atoms with E-state index < -0.39 is 0 Å². The van der Waals surface area contributed by atoms with Crippen LogP contribution in [0.2, 0.25) is 0 Å². The number of benzene rings is 1. The molecule has 0 radical (unpaired) electrons. The number of nitrogens with two attached hydrogens (primary N) is 1. The summed E-state index contributed by atoms with van der Waals surface area (Å²) < 4.78 is 0. The number of aliphatic hydroxyl groups is 1. The highest BCUT2D eigenvalue weighted by molar-refractivity contribution is 5.30. The van der Waals surface area contributed by atoms with Crippen LogP contribution in [0.5, 0.6) is 0 Å². The molecule has 0 aliphatic heterocycles. The van der Waals surface area contributed by atoms with Crippen LogP contribution in [0.3, 0.4) is 0 Å². The fraction of sp³-hybridized carbons (Fsp3) is 0.400. The van der Waals surface area contributed by atoms with Crippen LogP contribution in [0.4, 0.5) is 0 Å². The standard InChI is InChI=1S/C10H15NO/c1-7-3-8(2)5-9(4-7)10(11)6-12/h3-5,10,12H,6,11H2,1-2H3/t10-/m1/s1. The lowest BCUT2D eigenvalue weighted by molar-refractivity contribution is 0.268. The average Bonchev–Trinajstić information content (AvgIpc) is 2.01. The fourth-order valence-corrected chi connectivity index (χ4v) is 1.33. The summed E-state index contributed by atoms with van der Waals surface area (Å²) in [6.07, 6.45) is 0. The second-order valence-electron chi connectivity index (χ2n) is 3.21. The van der Waals surface area contributed by atoms with Gasteiger partial charge >= 0.3 is 0 Å². The Balaban J connectivity index is 3.00. The Morgan fingerprint density at radius 1 is 1.25 bits per heavy atom. The maximum atomic E-state index is 8.84. The van der Waals surface area contributed by atoms with Crippen LogP contribution >= 0.6 is 0 Å². The highest BCUT2D eigenvalue weighted by atomic mass is 16.3. The van der Waals surface area contributed by atoms with E-state index in [0.29, 0.717) is 0 Å². The zero-order valence-electron chi connectivity index (χ0n) is 7.54. The number of aryl methyl sites for hydroxylation is 2. The highest BCUT2D eigenvalue weighted by Gasteiger charge is 2.04. The fourth-order valence-electron chi connectivity index (χ4n) is 1.33. The van der Waals surface area contributed by atoms with Crippen LogP contribution in [-0.4, -0.2) is 11.7 Å². The van der Waals surface area contributed by atoms with Gasteiger partial charge in [0.1, 0.15) is 0 Å². The Bertz CT molecular complexity index is 250. The van der Waals surface area contributed by atoms with Crippen molar-refractivity contribution < 1.29 is 5.11 Å². The third-order valence-corrected chi connectivity index (χ3v) is 1.87. The highest BCUT2D eigenvalue weighted by Crippen LogP contribution is 2.14. The van der Waals surface area contributed by atoms with E-state index in [1.54, 1.807) is 0 Å². The molecular formula is C10H15NO. The summed E-state index contributed by atoms with van der Waals surface area (Å²) in [6.45, 7) is 4.06. The Labute approximate surface area is 73.0 Å². The van der Waals surface area contributed by atoms with Gasteiger partial charge < -0.3 is 10.8 Å². The normalized spacial score (nSPS) is 13.0. The van der Waals surface area contributed by atoms with Crippen molar-refractivity contribution in [3.8, 4) is 0 Å². The zero-order chi connectivity index (χ0) is 9.14. The Kier molecular flexibility index (Phi) is 2.84. The lowest BCUT2D eigenvalue weighted by Crippen LogP contribution is -2.14. The van der Waals surface area contributed by atoms with Crippen molar-refractivity contribution in [1.29, 1.82) is 0 Å². The molecule has 2 nitrogen and oxygen atoms in total. The number of aliphatic hydroxyl groups excluding tert-OH is 1. The van der Waals surface area contributed by atoms with Crippen molar-refractivity contribution in [2.45, 2.75) is 19.9 Å². The third kappa shape index (κ3) is 2.06. The quantitative estimate of drug-likeness (QED) is 0.693. The van der Waals surface area contributed by atoms with Gasteiger partial charge in [-0.15, -0.1) is 0 Å². The molecule has 0 fully saturated rings. The molecule has 0 aliphatic carbocycles. The van der Waals surface area contributed by atoms with E-state index in [4.69, 9.17) is 10.8 Å². The Morgan fingerprint density at radius 3 is 2.17 bits per heavy atom. The van der Waals surface area contributed by atoms with E-state index in [0.717, 1.165) is 5.56 Å². The summed E-state index contributed by atoms with van der Waals surface area (Å²) in [4.78, 5) is 0. The molecule has 0 unspecified atom stereocenters. The summed E-state index contributed by atoms with van der Waals surface area (Å²) in [6, 6.07) is 5.86. The van der Waals surface area contributed by atoms with Crippen LogP contribution in [0, 0.1) is 13.8 Å². The van der Waals surface area contributed by atoms with Crippen molar-refractivity contribution in [1.82, 2.24) is 0 Å². The molecule has 0 bridgehead atoms. The SMILES string of the molecule is Cc1cc(C)cc([C@H](N)CO)c1. The second kappa shape index (κ2) is 3.70. The minimum atomic E-state index is -0.247. The van der Waals surface area contributed by atoms with E-state index in [1.165, 1.54) is 11.1 Å². The third-order valence-electron chi connectivity index (χ3n) is 1.87. The van der Waals surface area contributed by atoms with Crippen LogP contribution in [0.15, 0.2) is 18.2 Å². The Morgan fingerprint density at radius 2 is 1.75 bits per heavy atom. The molecule has 1 rings (SSSR count). The van der Waals surface area contributed by atoms with Gasteiger partial charge in [-0.2, -0.15) is 0 Å². The van der Waals surface area contributed by atoms with Crippen molar-refractivity contribution >= 4 is 0 Å². The molecule has 0 amide bonds. The molecular weight excluding hydrogens is 150 g/mol. The Hall–Kier alpha value is -0.860. The summed E-state index contributed by atoms with van der Waals surface area (Å²) >= 11 is 0. The second-order valence-corrected chi connectivity index (χ2v) is 3.21. The smallest absolute Gasteiger partial charge is 0.0624 e. The van der Waals surface area contributed by atoms with Crippen LogP contribution in [0.1, 0.15) is 22.7 Å². The van der Waals surface area contributed by atoms with E-state index >= 15 is 0 Å². The van der Waals surface area contributed by atoms with Gasteiger partial charge in [0.2, 0.25) is 0 Å². The van der Waals surface area contributed by atoms with Gasteiger partial charge in [-0.25, -0.2) is 0 Å². The van der Waals surface area contributed by atoms with Gasteiger partial charge in [0.15, 0.2) is 0 Å². The molecule has 0 spiro atoms.